The molecule has 0 aliphatic carbocycles. The molecule has 0 heterocycles. The van der Waals surface area contributed by atoms with Crippen LogP contribution in [0, 0.1) is 17.0 Å². The van der Waals surface area contributed by atoms with E-state index < -0.39 is 20.5 Å². The molecule has 110 valence electrons. The van der Waals surface area contributed by atoms with Gasteiger partial charge in [-0.3, -0.25) is 10.1 Å². The molecular formula is C14H14N2O4S. The van der Waals surface area contributed by atoms with Gasteiger partial charge in [-0.2, -0.15) is 0 Å². The second-order valence-corrected chi connectivity index (χ2v) is 6.59. The fourth-order valence-electron chi connectivity index (χ4n) is 2.02. The van der Waals surface area contributed by atoms with E-state index in [4.69, 9.17) is 5.73 Å². The smallest absolute Gasteiger partial charge is 0.273 e. The average molecular weight is 306 g/mol. The Hall–Kier alpha value is -2.41. The standard InChI is InChI=1S/C14H14N2O4S/c1-10-5-4-8-13(14(10)15)21(19,20)9-11-6-2-3-7-12(11)16(17)18/h2-8H,9,15H2,1H3. The first-order chi connectivity index (χ1) is 9.83. The van der Waals surface area contributed by atoms with E-state index in [0.717, 1.165) is 0 Å². The molecule has 0 aliphatic heterocycles. The first kappa shape index (κ1) is 15.0. The molecule has 0 saturated carbocycles. The van der Waals surface area contributed by atoms with Gasteiger partial charge < -0.3 is 5.73 Å². The molecule has 0 saturated heterocycles. The molecule has 6 nitrogen and oxygen atoms in total. The molecule has 0 spiro atoms. The number of nitrogen functional groups attached to an aromatic ring is 1. The third-order valence-corrected chi connectivity index (χ3v) is 4.87. The number of nitrogens with two attached hydrogens (primary N) is 1. The van der Waals surface area contributed by atoms with E-state index in [1.807, 2.05) is 0 Å². The van der Waals surface area contributed by atoms with Crippen LogP contribution in [-0.2, 0) is 15.6 Å². The van der Waals surface area contributed by atoms with Crippen LogP contribution in [0.5, 0.6) is 0 Å². The minimum Gasteiger partial charge on any atom is -0.397 e. The topological polar surface area (TPSA) is 103 Å². The number of hydrogen-bond acceptors (Lipinski definition) is 5. The SMILES string of the molecule is Cc1cccc(S(=O)(=O)Cc2ccccc2[N+](=O)[O-])c1N. The molecule has 2 N–H and O–H groups in total. The monoisotopic (exact) mass is 306 g/mol. The van der Waals surface area contributed by atoms with Gasteiger partial charge in [-0.1, -0.05) is 30.3 Å². The Morgan fingerprint density at radius 2 is 1.81 bits per heavy atom. The summed E-state index contributed by atoms with van der Waals surface area (Å²) < 4.78 is 24.9. The fourth-order valence-corrected chi connectivity index (χ4v) is 3.61. The molecule has 2 aromatic rings. The van der Waals surface area contributed by atoms with Crippen molar-refractivity contribution in [1.29, 1.82) is 0 Å². The summed E-state index contributed by atoms with van der Waals surface area (Å²) in [6.07, 6.45) is 0. The minimum absolute atomic E-state index is 0.000603. The summed E-state index contributed by atoms with van der Waals surface area (Å²) in [5.41, 5.74) is 6.56. The average Bonchev–Trinajstić information content (AvgIpc) is 2.41. The van der Waals surface area contributed by atoms with Crippen molar-refractivity contribution in [1.82, 2.24) is 0 Å². The lowest BCUT2D eigenvalue weighted by Crippen LogP contribution is -2.10. The van der Waals surface area contributed by atoms with Crippen LogP contribution in [0.1, 0.15) is 11.1 Å². The third-order valence-electron chi connectivity index (χ3n) is 3.15. The van der Waals surface area contributed by atoms with Crippen molar-refractivity contribution in [2.75, 3.05) is 5.73 Å². The summed E-state index contributed by atoms with van der Waals surface area (Å²) in [4.78, 5) is 10.4. The Morgan fingerprint density at radius 1 is 1.14 bits per heavy atom. The van der Waals surface area contributed by atoms with Crippen LogP contribution in [-0.4, -0.2) is 13.3 Å². The number of anilines is 1. The van der Waals surface area contributed by atoms with E-state index in [2.05, 4.69) is 0 Å². The number of aryl methyl sites for hydroxylation is 1. The minimum atomic E-state index is -3.75. The van der Waals surface area contributed by atoms with E-state index in [1.54, 1.807) is 25.1 Å². The molecule has 0 fully saturated rings. The molecule has 21 heavy (non-hydrogen) atoms. The predicted molar refractivity (Wildman–Crippen MR) is 79.6 cm³/mol. The van der Waals surface area contributed by atoms with Crippen LogP contribution >= 0.6 is 0 Å². The van der Waals surface area contributed by atoms with Gasteiger partial charge in [0.05, 0.1) is 21.3 Å². The van der Waals surface area contributed by atoms with Crippen LogP contribution in [0.4, 0.5) is 11.4 Å². The molecule has 0 radical (unpaired) electrons. The number of nitro benzene ring substituents is 1. The first-order valence-electron chi connectivity index (χ1n) is 6.13. The lowest BCUT2D eigenvalue weighted by molar-refractivity contribution is -0.385. The summed E-state index contributed by atoms with van der Waals surface area (Å²) in [6.45, 7) is 1.71. The lowest BCUT2D eigenvalue weighted by atomic mass is 10.2. The van der Waals surface area contributed by atoms with Gasteiger partial charge in [-0.15, -0.1) is 0 Å². The molecule has 0 unspecified atom stereocenters. The van der Waals surface area contributed by atoms with Crippen molar-refractivity contribution in [3.63, 3.8) is 0 Å². The van der Waals surface area contributed by atoms with Gasteiger partial charge in [0.2, 0.25) is 0 Å². The van der Waals surface area contributed by atoms with E-state index in [1.165, 1.54) is 24.3 Å². The van der Waals surface area contributed by atoms with Crippen LogP contribution in [0.2, 0.25) is 0 Å². The van der Waals surface area contributed by atoms with Gasteiger partial charge in [-0.25, -0.2) is 8.42 Å². The maximum absolute atomic E-state index is 12.4. The van der Waals surface area contributed by atoms with E-state index in [0.29, 0.717) is 5.56 Å². The maximum Gasteiger partial charge on any atom is 0.273 e. The summed E-state index contributed by atoms with van der Waals surface area (Å²) in [7, 11) is -3.75. The molecular weight excluding hydrogens is 292 g/mol. The Morgan fingerprint density at radius 3 is 2.48 bits per heavy atom. The highest BCUT2D eigenvalue weighted by atomic mass is 32.2. The number of para-hydroxylation sites is 2. The molecule has 0 atom stereocenters. The summed E-state index contributed by atoms with van der Waals surface area (Å²) in [5.74, 6) is -0.461. The zero-order chi connectivity index (χ0) is 15.6. The van der Waals surface area contributed by atoms with Gasteiger partial charge in [0, 0.05) is 11.6 Å². The fraction of sp³-hybridized carbons (Fsp3) is 0.143. The Bertz CT molecular complexity index is 800. The quantitative estimate of drug-likeness (QED) is 0.531. The second kappa shape index (κ2) is 5.53. The van der Waals surface area contributed by atoms with Gasteiger partial charge in [0.15, 0.2) is 9.84 Å². The van der Waals surface area contributed by atoms with Crippen molar-refractivity contribution < 1.29 is 13.3 Å². The van der Waals surface area contributed by atoms with Crippen LogP contribution < -0.4 is 5.73 Å². The summed E-state index contributed by atoms with van der Waals surface area (Å²) in [6, 6.07) is 10.5. The summed E-state index contributed by atoms with van der Waals surface area (Å²) in [5, 5.41) is 11.0. The number of benzene rings is 2. The van der Waals surface area contributed by atoms with Crippen LogP contribution in [0.25, 0.3) is 0 Å². The largest absolute Gasteiger partial charge is 0.397 e. The molecule has 2 rings (SSSR count). The number of sulfone groups is 1. The molecule has 0 aliphatic rings. The zero-order valence-electron chi connectivity index (χ0n) is 11.3. The Kier molecular flexibility index (Phi) is 3.95. The number of nitro groups is 1. The first-order valence-corrected chi connectivity index (χ1v) is 7.78. The van der Waals surface area contributed by atoms with Crippen molar-refractivity contribution in [3.8, 4) is 0 Å². The van der Waals surface area contributed by atoms with Gasteiger partial charge in [0.1, 0.15) is 0 Å². The lowest BCUT2D eigenvalue weighted by Gasteiger charge is -2.09. The van der Waals surface area contributed by atoms with E-state index in [-0.39, 0.29) is 21.8 Å². The van der Waals surface area contributed by atoms with Crippen molar-refractivity contribution in [2.24, 2.45) is 0 Å². The normalized spacial score (nSPS) is 11.3. The molecule has 7 heteroatoms. The maximum atomic E-state index is 12.4. The summed E-state index contributed by atoms with van der Waals surface area (Å²) >= 11 is 0. The molecule has 0 bridgehead atoms. The Balaban J connectivity index is 2.48. The van der Waals surface area contributed by atoms with Crippen LogP contribution in [0.3, 0.4) is 0 Å². The Labute approximate surface area is 122 Å². The second-order valence-electron chi connectivity index (χ2n) is 4.63. The third kappa shape index (κ3) is 3.03. The predicted octanol–water partition coefficient (Wildman–Crippen LogP) is 2.46. The van der Waals surface area contributed by atoms with E-state index in [9.17, 15) is 18.5 Å². The van der Waals surface area contributed by atoms with Gasteiger partial charge in [-0.05, 0) is 18.6 Å². The van der Waals surface area contributed by atoms with E-state index >= 15 is 0 Å². The zero-order valence-corrected chi connectivity index (χ0v) is 12.1. The van der Waals surface area contributed by atoms with Crippen molar-refractivity contribution >= 4 is 21.2 Å². The molecule has 0 amide bonds. The highest BCUT2D eigenvalue weighted by Crippen LogP contribution is 2.28. The van der Waals surface area contributed by atoms with Crippen molar-refractivity contribution in [2.45, 2.75) is 17.6 Å². The highest BCUT2D eigenvalue weighted by Gasteiger charge is 2.23. The highest BCUT2D eigenvalue weighted by molar-refractivity contribution is 7.90. The number of hydrogen-bond donors (Lipinski definition) is 1. The molecule has 2 aromatic carbocycles. The van der Waals surface area contributed by atoms with Gasteiger partial charge >= 0.3 is 0 Å². The van der Waals surface area contributed by atoms with Crippen LogP contribution in [0.15, 0.2) is 47.4 Å². The van der Waals surface area contributed by atoms with Gasteiger partial charge in [0.25, 0.3) is 5.69 Å². The number of rotatable bonds is 4. The molecule has 0 aromatic heterocycles. The number of nitrogens with zero attached hydrogens (tertiary/aromatic N) is 1. The van der Waals surface area contributed by atoms with Crippen molar-refractivity contribution in [3.05, 3.63) is 63.7 Å².